The van der Waals surface area contributed by atoms with E-state index in [9.17, 15) is 14.7 Å². The molecular weight excluding hydrogens is 430 g/mol. The van der Waals surface area contributed by atoms with Crippen LogP contribution in [0.3, 0.4) is 0 Å². The topological polar surface area (TPSA) is 76.1 Å². The summed E-state index contributed by atoms with van der Waals surface area (Å²) in [6.45, 7) is 7.57. The summed E-state index contributed by atoms with van der Waals surface area (Å²) in [6.07, 6.45) is 1.02. The molecule has 0 bridgehead atoms. The Morgan fingerprint density at radius 2 is 1.68 bits per heavy atom. The van der Waals surface area contributed by atoms with Gasteiger partial charge in [0, 0.05) is 28.9 Å². The highest BCUT2D eigenvalue weighted by molar-refractivity contribution is 6.01. The largest absolute Gasteiger partial charge is 0.466 e. The molecule has 34 heavy (non-hydrogen) atoms. The van der Waals surface area contributed by atoms with Gasteiger partial charge in [0.05, 0.1) is 12.5 Å². The molecule has 3 aliphatic rings. The van der Waals surface area contributed by atoms with Gasteiger partial charge in [-0.3, -0.25) is 9.59 Å². The van der Waals surface area contributed by atoms with Gasteiger partial charge in [-0.25, -0.2) is 0 Å². The number of nitrogens with zero attached hydrogens (tertiary/aromatic N) is 1. The molecular formula is C28H31NO5. The highest BCUT2D eigenvalue weighted by Gasteiger charge is 2.72. The minimum absolute atomic E-state index is 0.00872. The van der Waals surface area contributed by atoms with Crippen LogP contribution in [0.1, 0.15) is 46.1 Å². The number of para-hydroxylation sites is 1. The number of anilines is 1. The van der Waals surface area contributed by atoms with Crippen LogP contribution in [0.15, 0.2) is 71.9 Å². The van der Waals surface area contributed by atoms with E-state index < -0.39 is 29.3 Å². The van der Waals surface area contributed by atoms with Crippen LogP contribution in [0.25, 0.3) is 0 Å². The Balaban J connectivity index is 1.84. The SMILES string of the molecule is CCOC(=O)C1C2C3=C(CC(C)(C)CC3=O)N(c3ccccc3)C2(c2ccccc2)OC1(C)O. The second-order valence-corrected chi connectivity index (χ2v) is 10.4. The maximum atomic E-state index is 13.7. The van der Waals surface area contributed by atoms with E-state index in [0.29, 0.717) is 18.4 Å². The Morgan fingerprint density at radius 1 is 1.06 bits per heavy atom. The Bertz CT molecular complexity index is 1150. The number of ether oxygens (including phenoxy) is 2. The number of carbonyl (C=O) groups excluding carboxylic acids is 2. The van der Waals surface area contributed by atoms with Gasteiger partial charge < -0.3 is 19.5 Å². The molecule has 5 rings (SSSR count). The van der Waals surface area contributed by atoms with Gasteiger partial charge >= 0.3 is 5.97 Å². The molecule has 1 saturated heterocycles. The Morgan fingerprint density at radius 3 is 2.29 bits per heavy atom. The van der Waals surface area contributed by atoms with Crippen LogP contribution < -0.4 is 4.90 Å². The molecule has 6 nitrogen and oxygen atoms in total. The van der Waals surface area contributed by atoms with Crippen molar-refractivity contribution < 1.29 is 24.2 Å². The maximum absolute atomic E-state index is 13.7. The summed E-state index contributed by atoms with van der Waals surface area (Å²) < 4.78 is 12.0. The van der Waals surface area contributed by atoms with Gasteiger partial charge in [-0.15, -0.1) is 0 Å². The smallest absolute Gasteiger partial charge is 0.315 e. The van der Waals surface area contributed by atoms with Crippen molar-refractivity contribution in [2.24, 2.45) is 17.3 Å². The first kappa shape index (κ1) is 22.8. The van der Waals surface area contributed by atoms with Gasteiger partial charge in [0.25, 0.3) is 0 Å². The molecule has 0 aromatic heterocycles. The second-order valence-electron chi connectivity index (χ2n) is 10.4. The lowest BCUT2D eigenvalue weighted by atomic mass is 9.70. The molecule has 0 amide bonds. The van der Waals surface area contributed by atoms with Crippen LogP contribution >= 0.6 is 0 Å². The predicted molar refractivity (Wildman–Crippen MR) is 127 cm³/mol. The van der Waals surface area contributed by atoms with Gasteiger partial charge in [-0.1, -0.05) is 62.4 Å². The summed E-state index contributed by atoms with van der Waals surface area (Å²) in [7, 11) is 0. The molecule has 2 aliphatic heterocycles. The number of allylic oxidation sites excluding steroid dienone is 1. The molecule has 0 radical (unpaired) electrons. The zero-order chi connectivity index (χ0) is 24.3. The Labute approximate surface area is 200 Å². The average molecular weight is 462 g/mol. The van der Waals surface area contributed by atoms with Gasteiger partial charge in [-0.2, -0.15) is 0 Å². The zero-order valence-electron chi connectivity index (χ0n) is 20.1. The van der Waals surface area contributed by atoms with Gasteiger partial charge in [0.1, 0.15) is 5.92 Å². The molecule has 178 valence electrons. The van der Waals surface area contributed by atoms with Gasteiger partial charge in [0.15, 0.2) is 17.3 Å². The van der Waals surface area contributed by atoms with Crippen molar-refractivity contribution in [1.29, 1.82) is 0 Å². The van der Waals surface area contributed by atoms with Crippen LogP contribution in [0.5, 0.6) is 0 Å². The van der Waals surface area contributed by atoms with Crippen molar-refractivity contribution in [3.8, 4) is 0 Å². The fourth-order valence-corrected chi connectivity index (χ4v) is 6.13. The third kappa shape index (κ3) is 3.23. The van der Waals surface area contributed by atoms with E-state index in [4.69, 9.17) is 9.47 Å². The first-order valence-corrected chi connectivity index (χ1v) is 11.9. The number of fused-ring (bicyclic) bond motifs is 2. The number of carbonyl (C=O) groups is 2. The van der Waals surface area contributed by atoms with E-state index in [1.54, 1.807) is 6.92 Å². The number of esters is 1. The standard InChI is InChI=1S/C28H31NO5/c1-5-33-25(31)24-23-22-20(16-26(2,3)17-21(22)30)29(19-14-10-7-11-15-19)28(23,34-27(24,4)32)18-12-8-6-9-13-18/h6-15,23-24,32H,5,16-17H2,1-4H3. The molecule has 2 aromatic rings. The molecule has 1 aliphatic carbocycles. The number of rotatable bonds is 4. The summed E-state index contributed by atoms with van der Waals surface area (Å²) in [5.74, 6) is -4.19. The maximum Gasteiger partial charge on any atom is 0.315 e. The molecule has 2 heterocycles. The highest BCUT2D eigenvalue weighted by Crippen LogP contribution is 2.65. The van der Waals surface area contributed by atoms with Crippen molar-refractivity contribution in [3.05, 3.63) is 77.5 Å². The first-order chi connectivity index (χ1) is 16.1. The van der Waals surface area contributed by atoms with Crippen LogP contribution in [0.2, 0.25) is 0 Å². The normalized spacial score (nSPS) is 31.9. The summed E-state index contributed by atoms with van der Waals surface area (Å²) >= 11 is 0. The van der Waals surface area contributed by atoms with Crippen molar-refractivity contribution in [2.45, 2.75) is 52.0 Å². The van der Waals surface area contributed by atoms with Crippen LogP contribution in [-0.4, -0.2) is 29.3 Å². The summed E-state index contributed by atoms with van der Waals surface area (Å²) in [5, 5.41) is 11.5. The summed E-state index contributed by atoms with van der Waals surface area (Å²) in [4.78, 5) is 29.1. The average Bonchev–Trinajstić information content (AvgIpc) is 3.18. The van der Waals surface area contributed by atoms with E-state index in [2.05, 4.69) is 18.7 Å². The lowest BCUT2D eigenvalue weighted by Gasteiger charge is -2.43. The number of Topliss-reactive ketones (excluding diaryl/α,β-unsaturated/α-hetero) is 1. The Hall–Kier alpha value is -2.96. The number of benzene rings is 2. The lowest BCUT2D eigenvalue weighted by Crippen LogP contribution is -2.47. The predicted octanol–water partition coefficient (Wildman–Crippen LogP) is 4.54. The van der Waals surface area contributed by atoms with E-state index in [1.165, 1.54) is 6.92 Å². The third-order valence-corrected chi connectivity index (χ3v) is 7.25. The quantitative estimate of drug-likeness (QED) is 0.674. The molecule has 2 aromatic carbocycles. The fourth-order valence-electron chi connectivity index (χ4n) is 6.13. The van der Waals surface area contributed by atoms with Crippen LogP contribution in [0.4, 0.5) is 5.69 Å². The van der Waals surface area contributed by atoms with Crippen molar-refractivity contribution >= 4 is 17.4 Å². The van der Waals surface area contributed by atoms with E-state index in [1.807, 2.05) is 60.7 Å². The van der Waals surface area contributed by atoms with Crippen molar-refractivity contribution in [3.63, 3.8) is 0 Å². The molecule has 0 saturated carbocycles. The number of aliphatic hydroxyl groups is 1. The number of hydrogen-bond acceptors (Lipinski definition) is 6. The molecule has 0 spiro atoms. The van der Waals surface area contributed by atoms with Crippen molar-refractivity contribution in [2.75, 3.05) is 11.5 Å². The molecule has 1 N–H and O–H groups in total. The van der Waals surface area contributed by atoms with E-state index in [0.717, 1.165) is 16.9 Å². The fraction of sp³-hybridized carbons (Fsp3) is 0.429. The molecule has 4 atom stereocenters. The first-order valence-electron chi connectivity index (χ1n) is 11.9. The zero-order valence-corrected chi connectivity index (χ0v) is 20.1. The monoisotopic (exact) mass is 461 g/mol. The number of hydrogen-bond donors (Lipinski definition) is 1. The summed E-state index contributed by atoms with van der Waals surface area (Å²) in [6, 6.07) is 19.3. The van der Waals surface area contributed by atoms with E-state index >= 15 is 0 Å². The minimum Gasteiger partial charge on any atom is -0.466 e. The third-order valence-electron chi connectivity index (χ3n) is 7.25. The molecule has 6 heteroatoms. The van der Waals surface area contributed by atoms with Crippen molar-refractivity contribution in [1.82, 2.24) is 0 Å². The van der Waals surface area contributed by atoms with Gasteiger partial charge in [-0.05, 0) is 37.8 Å². The van der Waals surface area contributed by atoms with E-state index in [-0.39, 0.29) is 17.8 Å². The highest BCUT2D eigenvalue weighted by atomic mass is 16.7. The molecule has 4 unspecified atom stereocenters. The van der Waals surface area contributed by atoms with Crippen LogP contribution in [-0.2, 0) is 24.8 Å². The lowest BCUT2D eigenvalue weighted by molar-refractivity contribution is -0.231. The summed E-state index contributed by atoms with van der Waals surface area (Å²) in [5.41, 5.74) is 1.52. The number of ketones is 1. The second kappa shape index (κ2) is 7.79. The minimum atomic E-state index is -1.84. The molecule has 1 fully saturated rings. The Kier molecular flexibility index (Phi) is 5.22. The van der Waals surface area contributed by atoms with Crippen LogP contribution in [0, 0.1) is 17.3 Å². The van der Waals surface area contributed by atoms with Gasteiger partial charge in [0.2, 0.25) is 0 Å².